The summed E-state index contributed by atoms with van der Waals surface area (Å²) in [4.78, 5) is 3.88. The summed E-state index contributed by atoms with van der Waals surface area (Å²) in [5, 5.41) is 0. The molecule has 0 saturated carbocycles. The van der Waals surface area contributed by atoms with E-state index in [1.165, 1.54) is 18.2 Å². The number of pyridine rings is 1. The van der Waals surface area contributed by atoms with Gasteiger partial charge in [-0.25, -0.2) is 43.9 Å². The van der Waals surface area contributed by atoms with Crippen molar-refractivity contribution in [1.82, 2.24) is 4.98 Å². The minimum absolute atomic E-state index is 0.108. The van der Waals surface area contributed by atoms with Crippen LogP contribution in [0, 0.1) is 58.2 Å². The molecule has 1 nitrogen and oxygen atoms in total. The molecule has 0 unspecified atom stereocenters. The lowest BCUT2D eigenvalue weighted by Gasteiger charge is -2.10. The third-order valence-corrected chi connectivity index (χ3v) is 4.94. The summed E-state index contributed by atoms with van der Waals surface area (Å²) in [6, 6.07) is 6.72. The highest BCUT2D eigenvalue weighted by Crippen LogP contribution is 2.34. The van der Waals surface area contributed by atoms with Gasteiger partial charge < -0.3 is 0 Å². The Kier molecular flexibility index (Phi) is 5.80. The standard InChI is InChI=1S/C23H7F10N/c24-14-12(15(25)19(29)22(32)18(14)28)9-3-1-8(2-4-9)11-6-5-10(7-34-11)13-16(26)20(30)23(33)21(31)17(13)27/h1-7H. The van der Waals surface area contributed by atoms with Crippen molar-refractivity contribution >= 4 is 0 Å². The van der Waals surface area contributed by atoms with Crippen LogP contribution in [0.2, 0.25) is 0 Å². The van der Waals surface area contributed by atoms with Crippen LogP contribution in [-0.2, 0) is 0 Å². The molecule has 0 N–H and O–H groups in total. The first-order valence-corrected chi connectivity index (χ1v) is 9.14. The Hall–Kier alpha value is -3.89. The topological polar surface area (TPSA) is 12.9 Å². The van der Waals surface area contributed by atoms with Gasteiger partial charge in [0.25, 0.3) is 0 Å². The van der Waals surface area contributed by atoms with Gasteiger partial charge >= 0.3 is 0 Å². The van der Waals surface area contributed by atoms with Gasteiger partial charge in [0, 0.05) is 17.3 Å². The molecular formula is C23H7F10N. The second kappa shape index (κ2) is 8.47. The van der Waals surface area contributed by atoms with E-state index in [1.807, 2.05) is 0 Å². The van der Waals surface area contributed by atoms with Crippen molar-refractivity contribution in [3.8, 4) is 33.5 Å². The summed E-state index contributed by atoms with van der Waals surface area (Å²) in [5.41, 5.74) is -2.73. The Morgan fingerprint density at radius 2 is 0.676 bits per heavy atom. The van der Waals surface area contributed by atoms with Crippen molar-refractivity contribution in [2.75, 3.05) is 0 Å². The number of aromatic nitrogens is 1. The Balaban J connectivity index is 1.71. The highest BCUT2D eigenvalue weighted by molar-refractivity contribution is 5.72. The first-order chi connectivity index (χ1) is 16.0. The molecule has 4 aromatic rings. The van der Waals surface area contributed by atoms with E-state index in [0.717, 1.165) is 24.4 Å². The molecule has 3 aromatic carbocycles. The molecule has 0 amide bonds. The molecule has 0 aliphatic carbocycles. The van der Waals surface area contributed by atoms with E-state index >= 15 is 0 Å². The van der Waals surface area contributed by atoms with Crippen LogP contribution in [0.4, 0.5) is 43.9 Å². The molecule has 0 atom stereocenters. The predicted molar refractivity (Wildman–Crippen MR) is 100 cm³/mol. The van der Waals surface area contributed by atoms with Crippen molar-refractivity contribution < 1.29 is 43.9 Å². The Bertz CT molecular complexity index is 1260. The van der Waals surface area contributed by atoms with Gasteiger partial charge in [-0.3, -0.25) is 4.98 Å². The minimum atomic E-state index is -2.31. The first kappa shape index (κ1) is 23.3. The lowest BCUT2D eigenvalue weighted by molar-refractivity contribution is 0.381. The van der Waals surface area contributed by atoms with Crippen LogP contribution >= 0.6 is 0 Å². The van der Waals surface area contributed by atoms with E-state index in [4.69, 9.17) is 0 Å². The van der Waals surface area contributed by atoms with Crippen LogP contribution in [0.1, 0.15) is 0 Å². The van der Waals surface area contributed by atoms with Crippen LogP contribution in [0.15, 0.2) is 42.6 Å². The fourth-order valence-electron chi connectivity index (χ4n) is 3.24. The average Bonchev–Trinajstić information content (AvgIpc) is 2.85. The van der Waals surface area contributed by atoms with E-state index in [2.05, 4.69) is 4.98 Å². The Morgan fingerprint density at radius 3 is 1.06 bits per heavy atom. The molecule has 4 rings (SSSR count). The number of benzene rings is 3. The third kappa shape index (κ3) is 3.57. The maximum Gasteiger partial charge on any atom is 0.200 e. The molecule has 0 radical (unpaired) electrons. The van der Waals surface area contributed by atoms with Gasteiger partial charge in [-0.1, -0.05) is 30.3 Å². The molecule has 11 heteroatoms. The molecule has 0 spiro atoms. The molecule has 174 valence electrons. The van der Waals surface area contributed by atoms with Crippen LogP contribution in [0.25, 0.3) is 33.5 Å². The van der Waals surface area contributed by atoms with Crippen LogP contribution in [0.3, 0.4) is 0 Å². The maximum absolute atomic E-state index is 14.0. The van der Waals surface area contributed by atoms with Gasteiger partial charge in [0.1, 0.15) is 0 Å². The fourth-order valence-corrected chi connectivity index (χ4v) is 3.24. The molecule has 0 aliphatic heterocycles. The molecule has 0 bridgehead atoms. The number of hydrogen-bond donors (Lipinski definition) is 0. The third-order valence-electron chi connectivity index (χ3n) is 4.94. The molecule has 0 saturated heterocycles. The maximum atomic E-state index is 14.0. The van der Waals surface area contributed by atoms with Crippen molar-refractivity contribution in [3.05, 3.63) is 101 Å². The molecule has 0 aliphatic rings. The molecule has 1 heterocycles. The zero-order valence-corrected chi connectivity index (χ0v) is 16.3. The zero-order valence-electron chi connectivity index (χ0n) is 16.3. The van der Waals surface area contributed by atoms with Crippen LogP contribution in [-0.4, -0.2) is 4.98 Å². The molecule has 0 fully saturated rings. The molecule has 34 heavy (non-hydrogen) atoms. The summed E-state index contributed by atoms with van der Waals surface area (Å²) in [6.07, 6.45) is 0.839. The monoisotopic (exact) mass is 487 g/mol. The average molecular weight is 487 g/mol. The smallest absolute Gasteiger partial charge is 0.200 e. The van der Waals surface area contributed by atoms with Crippen LogP contribution in [0.5, 0.6) is 0 Å². The second-order valence-electron chi connectivity index (χ2n) is 6.90. The summed E-state index contributed by atoms with van der Waals surface area (Å²) < 4.78 is 136. The summed E-state index contributed by atoms with van der Waals surface area (Å²) in [7, 11) is 0. The predicted octanol–water partition coefficient (Wildman–Crippen LogP) is 7.47. The SMILES string of the molecule is Fc1c(F)c(F)c(-c2ccc(-c3ccc(-c4c(F)c(F)c(F)c(F)c4F)cn3)cc2)c(F)c1F. The summed E-state index contributed by atoms with van der Waals surface area (Å²) in [6.45, 7) is 0. The van der Waals surface area contributed by atoms with E-state index in [9.17, 15) is 43.9 Å². The molecular weight excluding hydrogens is 480 g/mol. The van der Waals surface area contributed by atoms with Gasteiger partial charge in [-0.2, -0.15) is 0 Å². The minimum Gasteiger partial charge on any atom is -0.256 e. The van der Waals surface area contributed by atoms with Crippen LogP contribution < -0.4 is 0 Å². The largest absolute Gasteiger partial charge is 0.256 e. The second-order valence-corrected chi connectivity index (χ2v) is 6.90. The van der Waals surface area contributed by atoms with Gasteiger partial charge in [0.05, 0.1) is 16.8 Å². The normalized spacial score (nSPS) is 11.2. The summed E-state index contributed by atoms with van der Waals surface area (Å²) in [5.74, 6) is -21.2. The van der Waals surface area contributed by atoms with E-state index in [1.54, 1.807) is 0 Å². The first-order valence-electron chi connectivity index (χ1n) is 9.14. The van der Waals surface area contributed by atoms with Gasteiger partial charge in [0.15, 0.2) is 46.5 Å². The van der Waals surface area contributed by atoms with Gasteiger partial charge in [-0.05, 0) is 11.6 Å². The van der Waals surface area contributed by atoms with Crippen molar-refractivity contribution in [3.63, 3.8) is 0 Å². The number of halogens is 10. The number of nitrogens with zero attached hydrogens (tertiary/aromatic N) is 1. The number of hydrogen-bond acceptors (Lipinski definition) is 1. The quantitative estimate of drug-likeness (QED) is 0.166. The zero-order chi connectivity index (χ0) is 24.9. The molecule has 1 aromatic heterocycles. The lowest BCUT2D eigenvalue weighted by Crippen LogP contribution is -2.04. The Morgan fingerprint density at radius 1 is 0.353 bits per heavy atom. The van der Waals surface area contributed by atoms with Crippen molar-refractivity contribution in [1.29, 1.82) is 0 Å². The van der Waals surface area contributed by atoms with E-state index in [-0.39, 0.29) is 16.8 Å². The van der Waals surface area contributed by atoms with Gasteiger partial charge in [-0.15, -0.1) is 0 Å². The fraction of sp³-hybridized carbons (Fsp3) is 0. The van der Waals surface area contributed by atoms with E-state index < -0.39 is 74.9 Å². The highest BCUT2D eigenvalue weighted by atomic mass is 19.2. The highest BCUT2D eigenvalue weighted by Gasteiger charge is 2.28. The van der Waals surface area contributed by atoms with E-state index in [0.29, 0.717) is 0 Å². The number of rotatable bonds is 3. The lowest BCUT2D eigenvalue weighted by atomic mass is 10.00. The van der Waals surface area contributed by atoms with Crippen molar-refractivity contribution in [2.45, 2.75) is 0 Å². The van der Waals surface area contributed by atoms with Crippen molar-refractivity contribution in [2.24, 2.45) is 0 Å². The Labute approximate surface area is 183 Å². The van der Waals surface area contributed by atoms with Gasteiger partial charge in [0.2, 0.25) is 11.6 Å². The summed E-state index contributed by atoms with van der Waals surface area (Å²) >= 11 is 0.